The van der Waals surface area contributed by atoms with Crippen LogP contribution in [0.15, 0.2) is 28.9 Å². The van der Waals surface area contributed by atoms with Gasteiger partial charge < -0.3 is 5.73 Å². The van der Waals surface area contributed by atoms with Gasteiger partial charge in [0.2, 0.25) is 0 Å². The van der Waals surface area contributed by atoms with E-state index in [1.54, 1.807) is 6.07 Å². The second-order valence-electron chi connectivity index (χ2n) is 3.48. The number of nitrogens with one attached hydrogen (secondary N) is 2. The van der Waals surface area contributed by atoms with E-state index in [-0.39, 0.29) is 0 Å². The number of nitrogens with zero attached hydrogens (tertiary/aromatic N) is 2. The Kier molecular flexibility index (Phi) is 1.97. The zero-order valence-electron chi connectivity index (χ0n) is 8.16. The van der Waals surface area contributed by atoms with Gasteiger partial charge in [0.05, 0.1) is 11.2 Å². The third kappa shape index (κ3) is 1.38. The normalized spacial score (nSPS) is 11.1. The number of aromatic nitrogens is 4. The average Bonchev–Trinajstić information content (AvgIpc) is 2.86. The molecule has 5 nitrogen and oxygen atoms in total. The largest absolute Gasteiger partial charge is 0.382 e. The summed E-state index contributed by atoms with van der Waals surface area (Å²) < 4.78 is 0.872. The molecule has 0 atom stereocenters. The van der Waals surface area contributed by atoms with Gasteiger partial charge in [-0.15, -0.1) is 0 Å². The first-order valence-electron chi connectivity index (χ1n) is 4.69. The number of fused-ring (bicyclic) bond motifs is 1. The van der Waals surface area contributed by atoms with Gasteiger partial charge in [0.25, 0.3) is 0 Å². The third-order valence-electron chi connectivity index (χ3n) is 2.42. The van der Waals surface area contributed by atoms with Gasteiger partial charge in [0.15, 0.2) is 0 Å². The van der Waals surface area contributed by atoms with Gasteiger partial charge >= 0.3 is 0 Å². The Morgan fingerprint density at radius 2 is 2.00 bits per heavy atom. The number of benzene rings is 1. The van der Waals surface area contributed by atoms with E-state index in [2.05, 4.69) is 36.3 Å². The fraction of sp³-hybridized carbons (Fsp3) is 0. The molecule has 0 radical (unpaired) electrons. The van der Waals surface area contributed by atoms with Crippen LogP contribution in [0.25, 0.3) is 22.2 Å². The van der Waals surface area contributed by atoms with Crippen molar-refractivity contribution < 1.29 is 0 Å². The van der Waals surface area contributed by atoms with Crippen molar-refractivity contribution >= 4 is 32.7 Å². The van der Waals surface area contributed by atoms with Crippen LogP contribution < -0.4 is 5.73 Å². The van der Waals surface area contributed by atoms with Gasteiger partial charge in [-0.2, -0.15) is 10.2 Å². The maximum Gasteiger partial charge on any atom is 0.145 e. The zero-order chi connectivity index (χ0) is 11.1. The van der Waals surface area contributed by atoms with E-state index in [9.17, 15) is 0 Å². The summed E-state index contributed by atoms with van der Waals surface area (Å²) in [5, 5.41) is 14.8. The number of anilines is 1. The third-order valence-corrected chi connectivity index (χ3v) is 3.02. The first-order chi connectivity index (χ1) is 7.74. The minimum atomic E-state index is 0.487. The Bertz CT molecular complexity index is 654. The molecule has 0 bridgehead atoms. The van der Waals surface area contributed by atoms with Gasteiger partial charge in [0.1, 0.15) is 10.4 Å². The summed E-state index contributed by atoms with van der Waals surface area (Å²) in [6.07, 6.45) is 0. The molecule has 4 N–H and O–H groups in total. The second kappa shape index (κ2) is 3.34. The van der Waals surface area contributed by atoms with Crippen molar-refractivity contribution in [2.45, 2.75) is 0 Å². The molecule has 0 aliphatic heterocycles. The number of aromatic amines is 2. The van der Waals surface area contributed by atoms with Crippen LogP contribution in [0, 0.1) is 0 Å². The number of H-pyrrole nitrogens is 2. The first kappa shape index (κ1) is 9.41. The highest BCUT2D eigenvalue weighted by atomic mass is 79.9. The van der Waals surface area contributed by atoms with Crippen LogP contribution in [0.3, 0.4) is 0 Å². The topological polar surface area (TPSA) is 83.4 Å². The molecule has 16 heavy (non-hydrogen) atoms. The number of hydrogen-bond acceptors (Lipinski definition) is 3. The maximum absolute atomic E-state index is 5.57. The maximum atomic E-state index is 5.57. The highest BCUT2D eigenvalue weighted by molar-refractivity contribution is 9.10. The molecule has 2 aromatic heterocycles. The summed E-state index contributed by atoms with van der Waals surface area (Å²) in [5.74, 6) is 0.487. The van der Waals surface area contributed by atoms with E-state index < -0.39 is 0 Å². The molecular formula is C10H8BrN5. The Hall–Kier alpha value is -1.82. The molecule has 0 aliphatic carbocycles. The first-order valence-corrected chi connectivity index (χ1v) is 5.48. The van der Waals surface area contributed by atoms with E-state index in [1.165, 1.54) is 0 Å². The van der Waals surface area contributed by atoms with E-state index in [0.717, 1.165) is 26.8 Å². The summed E-state index contributed by atoms with van der Waals surface area (Å²) in [6, 6.07) is 7.75. The van der Waals surface area contributed by atoms with Crippen molar-refractivity contribution in [3.8, 4) is 11.3 Å². The van der Waals surface area contributed by atoms with Gasteiger partial charge in [-0.1, -0.05) is 6.07 Å². The summed E-state index contributed by atoms with van der Waals surface area (Å²) in [7, 11) is 0. The van der Waals surface area contributed by atoms with Crippen LogP contribution in [-0.4, -0.2) is 20.4 Å². The molecule has 0 saturated heterocycles. The SMILES string of the molecule is Nc1cc(-c2ccc3n[nH]c(Br)c3c2)[nH]n1. The van der Waals surface area contributed by atoms with Crippen molar-refractivity contribution in [1.29, 1.82) is 0 Å². The lowest BCUT2D eigenvalue weighted by Gasteiger charge is -1.96. The Morgan fingerprint density at radius 3 is 2.75 bits per heavy atom. The fourth-order valence-electron chi connectivity index (χ4n) is 1.63. The molecule has 0 unspecified atom stereocenters. The molecule has 3 aromatic rings. The van der Waals surface area contributed by atoms with Crippen molar-refractivity contribution in [1.82, 2.24) is 20.4 Å². The van der Waals surface area contributed by atoms with Crippen LogP contribution in [-0.2, 0) is 0 Å². The number of rotatable bonds is 1. The predicted molar refractivity (Wildman–Crippen MR) is 65.8 cm³/mol. The van der Waals surface area contributed by atoms with E-state index in [4.69, 9.17) is 5.73 Å². The molecule has 0 aliphatic rings. The molecule has 80 valence electrons. The summed E-state index contributed by atoms with van der Waals surface area (Å²) in [4.78, 5) is 0. The number of hydrogen-bond donors (Lipinski definition) is 3. The lowest BCUT2D eigenvalue weighted by Crippen LogP contribution is -1.81. The monoisotopic (exact) mass is 277 g/mol. The van der Waals surface area contributed by atoms with Crippen molar-refractivity contribution in [3.63, 3.8) is 0 Å². The molecule has 0 fully saturated rings. The highest BCUT2D eigenvalue weighted by Crippen LogP contribution is 2.26. The van der Waals surface area contributed by atoms with Crippen LogP contribution in [0.2, 0.25) is 0 Å². The van der Waals surface area contributed by atoms with Crippen molar-refractivity contribution in [2.75, 3.05) is 5.73 Å². The minimum absolute atomic E-state index is 0.487. The molecule has 1 aromatic carbocycles. The zero-order valence-corrected chi connectivity index (χ0v) is 9.75. The quantitative estimate of drug-likeness (QED) is 0.638. The standard InChI is InChI=1S/C10H8BrN5/c11-10-6-3-5(1-2-7(6)13-16-10)8-4-9(12)15-14-8/h1-4H,(H,13,16)(H3,12,14,15). The minimum Gasteiger partial charge on any atom is -0.382 e. The molecule has 0 saturated carbocycles. The lowest BCUT2D eigenvalue weighted by atomic mass is 10.1. The van der Waals surface area contributed by atoms with Crippen LogP contribution in [0.1, 0.15) is 0 Å². The van der Waals surface area contributed by atoms with Gasteiger partial charge in [-0.25, -0.2) is 0 Å². The number of halogens is 1. The number of nitrogen functional groups attached to an aromatic ring is 1. The molecule has 2 heterocycles. The molecule has 0 amide bonds. The fourth-order valence-corrected chi connectivity index (χ4v) is 2.04. The molecule has 0 spiro atoms. The summed E-state index contributed by atoms with van der Waals surface area (Å²) in [5.41, 5.74) is 8.41. The summed E-state index contributed by atoms with van der Waals surface area (Å²) >= 11 is 3.41. The Labute approximate surface area is 99.2 Å². The van der Waals surface area contributed by atoms with Gasteiger partial charge in [-0.3, -0.25) is 10.2 Å². The highest BCUT2D eigenvalue weighted by Gasteiger charge is 2.06. The van der Waals surface area contributed by atoms with Crippen molar-refractivity contribution in [2.24, 2.45) is 0 Å². The van der Waals surface area contributed by atoms with E-state index >= 15 is 0 Å². The summed E-state index contributed by atoms with van der Waals surface area (Å²) in [6.45, 7) is 0. The molecular weight excluding hydrogens is 270 g/mol. The Balaban J connectivity index is 2.21. The van der Waals surface area contributed by atoms with Crippen LogP contribution >= 0.6 is 15.9 Å². The average molecular weight is 278 g/mol. The smallest absolute Gasteiger partial charge is 0.145 e. The molecule has 3 rings (SSSR count). The second-order valence-corrected chi connectivity index (χ2v) is 4.27. The van der Waals surface area contributed by atoms with E-state index in [1.807, 2.05) is 18.2 Å². The Morgan fingerprint density at radius 1 is 1.12 bits per heavy atom. The predicted octanol–water partition coefficient (Wildman–Crippen LogP) is 2.30. The van der Waals surface area contributed by atoms with Crippen LogP contribution in [0.4, 0.5) is 5.82 Å². The van der Waals surface area contributed by atoms with Gasteiger partial charge in [-0.05, 0) is 28.1 Å². The van der Waals surface area contributed by atoms with E-state index in [0.29, 0.717) is 5.82 Å². The number of nitrogens with two attached hydrogens (primary N) is 1. The lowest BCUT2D eigenvalue weighted by molar-refractivity contribution is 1.10. The van der Waals surface area contributed by atoms with Gasteiger partial charge in [0, 0.05) is 17.0 Å². The van der Waals surface area contributed by atoms with Crippen LogP contribution in [0.5, 0.6) is 0 Å². The van der Waals surface area contributed by atoms with Crippen molar-refractivity contribution in [3.05, 3.63) is 28.9 Å². The molecule has 6 heteroatoms.